The number of esters is 1. The van der Waals surface area contributed by atoms with E-state index < -0.39 is 11.9 Å². The summed E-state index contributed by atoms with van der Waals surface area (Å²) in [6.45, 7) is 3.59. The number of benzene rings is 1. The lowest BCUT2D eigenvalue weighted by Crippen LogP contribution is -2.36. The van der Waals surface area contributed by atoms with Crippen molar-refractivity contribution in [3.05, 3.63) is 29.6 Å². The van der Waals surface area contributed by atoms with Crippen LogP contribution in [0.3, 0.4) is 0 Å². The van der Waals surface area contributed by atoms with E-state index >= 15 is 0 Å². The van der Waals surface area contributed by atoms with Crippen LogP contribution in [0.15, 0.2) is 18.2 Å². The maximum Gasteiger partial charge on any atom is 0.322 e. The van der Waals surface area contributed by atoms with Gasteiger partial charge in [-0.2, -0.15) is 0 Å². The zero-order valence-electron chi connectivity index (χ0n) is 11.0. The van der Waals surface area contributed by atoms with Crippen LogP contribution in [0, 0.1) is 5.82 Å². The van der Waals surface area contributed by atoms with Gasteiger partial charge in [0.15, 0.2) is 11.6 Å². The third kappa shape index (κ3) is 3.43. The van der Waals surface area contributed by atoms with Crippen LogP contribution < -0.4 is 10.1 Å². The lowest BCUT2D eigenvalue weighted by Gasteiger charge is -2.19. The number of carbonyl (C=O) groups excluding carboxylic acids is 1. The van der Waals surface area contributed by atoms with Gasteiger partial charge >= 0.3 is 5.97 Å². The Kier molecular flexibility index (Phi) is 5.09. The molecule has 0 aliphatic heterocycles. The molecule has 5 heteroatoms. The van der Waals surface area contributed by atoms with Crippen LogP contribution in [-0.4, -0.2) is 26.2 Å². The third-order valence-corrected chi connectivity index (χ3v) is 2.73. The maximum absolute atomic E-state index is 13.3. The van der Waals surface area contributed by atoms with Crippen molar-refractivity contribution in [3.8, 4) is 5.75 Å². The van der Waals surface area contributed by atoms with Gasteiger partial charge in [-0.15, -0.1) is 0 Å². The first kappa shape index (κ1) is 14.4. The molecule has 0 amide bonds. The van der Waals surface area contributed by atoms with Crippen LogP contribution in [0.5, 0.6) is 5.75 Å². The zero-order chi connectivity index (χ0) is 13.7. The van der Waals surface area contributed by atoms with Gasteiger partial charge in [-0.25, -0.2) is 4.39 Å². The Morgan fingerprint density at radius 1 is 1.33 bits per heavy atom. The van der Waals surface area contributed by atoms with E-state index in [-0.39, 0.29) is 17.8 Å². The fourth-order valence-corrected chi connectivity index (χ4v) is 1.66. The summed E-state index contributed by atoms with van der Waals surface area (Å²) in [6.07, 6.45) is 0. The summed E-state index contributed by atoms with van der Waals surface area (Å²) < 4.78 is 22.8. The second-order valence-electron chi connectivity index (χ2n) is 4.03. The summed E-state index contributed by atoms with van der Waals surface area (Å²) in [6, 6.07) is 4.06. The SMILES string of the molecule is COC(=O)C(C)NC(C)c1ccc(F)c(OC)c1. The third-order valence-electron chi connectivity index (χ3n) is 2.73. The molecule has 4 nitrogen and oxygen atoms in total. The van der Waals surface area contributed by atoms with Crippen LogP contribution in [0.4, 0.5) is 4.39 Å². The Hall–Kier alpha value is -1.62. The number of methoxy groups -OCH3 is 2. The summed E-state index contributed by atoms with van der Waals surface area (Å²) in [5.74, 6) is -0.558. The van der Waals surface area contributed by atoms with Gasteiger partial charge in [0, 0.05) is 6.04 Å². The van der Waals surface area contributed by atoms with Crippen LogP contribution >= 0.6 is 0 Å². The highest BCUT2D eigenvalue weighted by Crippen LogP contribution is 2.22. The second kappa shape index (κ2) is 6.35. The molecule has 0 aromatic heterocycles. The second-order valence-corrected chi connectivity index (χ2v) is 4.03. The minimum absolute atomic E-state index is 0.117. The predicted octanol–water partition coefficient (Wildman–Crippen LogP) is 2.05. The Labute approximate surface area is 106 Å². The number of hydrogen-bond acceptors (Lipinski definition) is 4. The van der Waals surface area contributed by atoms with Crippen LogP contribution in [0.2, 0.25) is 0 Å². The average Bonchev–Trinajstić information content (AvgIpc) is 2.37. The lowest BCUT2D eigenvalue weighted by atomic mass is 10.1. The summed E-state index contributed by atoms with van der Waals surface area (Å²) in [5, 5.41) is 3.07. The molecule has 1 aromatic carbocycles. The Morgan fingerprint density at radius 3 is 2.56 bits per heavy atom. The summed E-state index contributed by atoms with van der Waals surface area (Å²) in [4.78, 5) is 11.3. The number of hydrogen-bond donors (Lipinski definition) is 1. The Bertz CT molecular complexity index is 423. The number of rotatable bonds is 5. The van der Waals surface area contributed by atoms with Crippen molar-refractivity contribution in [1.82, 2.24) is 5.32 Å². The van der Waals surface area contributed by atoms with Crippen molar-refractivity contribution in [2.75, 3.05) is 14.2 Å². The van der Waals surface area contributed by atoms with E-state index in [4.69, 9.17) is 4.74 Å². The van der Waals surface area contributed by atoms with Gasteiger partial charge in [0.2, 0.25) is 0 Å². The molecule has 2 atom stereocenters. The molecule has 0 bridgehead atoms. The Morgan fingerprint density at radius 2 is 2.00 bits per heavy atom. The summed E-state index contributed by atoms with van der Waals surface area (Å²) >= 11 is 0. The monoisotopic (exact) mass is 255 g/mol. The van der Waals surface area contributed by atoms with Gasteiger partial charge in [-0.3, -0.25) is 10.1 Å². The zero-order valence-corrected chi connectivity index (χ0v) is 11.0. The van der Waals surface area contributed by atoms with Crippen LogP contribution in [-0.2, 0) is 9.53 Å². The first-order valence-electron chi connectivity index (χ1n) is 5.67. The summed E-state index contributed by atoms with van der Waals surface area (Å²) in [7, 11) is 2.75. The fourth-order valence-electron chi connectivity index (χ4n) is 1.66. The predicted molar refractivity (Wildman–Crippen MR) is 66.0 cm³/mol. The van der Waals surface area contributed by atoms with Gasteiger partial charge < -0.3 is 9.47 Å². The molecule has 0 saturated heterocycles. The molecule has 0 radical (unpaired) electrons. The molecule has 1 rings (SSSR count). The standard InChI is InChI=1S/C13H18FNO3/c1-8(15-9(2)13(16)18-4)10-5-6-11(14)12(7-10)17-3/h5-9,15H,1-4H3. The van der Waals surface area contributed by atoms with Crippen molar-refractivity contribution >= 4 is 5.97 Å². The molecule has 100 valence electrons. The van der Waals surface area contributed by atoms with E-state index in [2.05, 4.69) is 10.1 Å². The minimum Gasteiger partial charge on any atom is -0.494 e. The van der Waals surface area contributed by atoms with Crippen molar-refractivity contribution < 1.29 is 18.7 Å². The molecule has 1 aromatic rings. The average molecular weight is 255 g/mol. The molecule has 0 fully saturated rings. The molecular formula is C13H18FNO3. The smallest absolute Gasteiger partial charge is 0.322 e. The molecule has 0 aliphatic carbocycles. The molecule has 0 saturated carbocycles. The van der Waals surface area contributed by atoms with Gasteiger partial charge in [0.25, 0.3) is 0 Å². The van der Waals surface area contributed by atoms with Gasteiger partial charge in [0.05, 0.1) is 14.2 Å². The summed E-state index contributed by atoms with van der Waals surface area (Å²) in [5.41, 5.74) is 0.837. The maximum atomic E-state index is 13.3. The van der Waals surface area contributed by atoms with Crippen LogP contribution in [0.25, 0.3) is 0 Å². The molecule has 0 aliphatic rings. The normalized spacial score (nSPS) is 13.8. The number of ether oxygens (including phenoxy) is 2. The minimum atomic E-state index is -0.430. The highest BCUT2D eigenvalue weighted by Gasteiger charge is 2.17. The first-order chi connectivity index (χ1) is 8.49. The Balaban J connectivity index is 2.78. The van der Waals surface area contributed by atoms with Crippen molar-refractivity contribution in [1.29, 1.82) is 0 Å². The highest BCUT2D eigenvalue weighted by atomic mass is 19.1. The van der Waals surface area contributed by atoms with Gasteiger partial charge in [-0.1, -0.05) is 6.07 Å². The van der Waals surface area contributed by atoms with E-state index in [1.165, 1.54) is 20.3 Å². The molecule has 2 unspecified atom stereocenters. The van der Waals surface area contributed by atoms with Gasteiger partial charge in [-0.05, 0) is 31.5 Å². The van der Waals surface area contributed by atoms with E-state index in [0.717, 1.165) is 5.56 Å². The largest absolute Gasteiger partial charge is 0.494 e. The number of nitrogens with one attached hydrogen (secondary N) is 1. The van der Waals surface area contributed by atoms with E-state index in [1.54, 1.807) is 19.1 Å². The van der Waals surface area contributed by atoms with Crippen molar-refractivity contribution in [2.45, 2.75) is 25.9 Å². The van der Waals surface area contributed by atoms with Crippen molar-refractivity contribution in [2.24, 2.45) is 0 Å². The molecule has 18 heavy (non-hydrogen) atoms. The van der Waals surface area contributed by atoms with Crippen LogP contribution in [0.1, 0.15) is 25.5 Å². The van der Waals surface area contributed by atoms with E-state index in [9.17, 15) is 9.18 Å². The molecule has 0 spiro atoms. The molecular weight excluding hydrogens is 237 g/mol. The lowest BCUT2D eigenvalue weighted by molar-refractivity contribution is -0.142. The quantitative estimate of drug-likeness (QED) is 0.818. The number of halogens is 1. The van der Waals surface area contributed by atoms with Gasteiger partial charge in [0.1, 0.15) is 6.04 Å². The van der Waals surface area contributed by atoms with Crippen molar-refractivity contribution in [3.63, 3.8) is 0 Å². The highest BCUT2D eigenvalue weighted by molar-refractivity contribution is 5.75. The topological polar surface area (TPSA) is 47.6 Å². The molecule has 1 N–H and O–H groups in total. The number of carbonyl (C=O) groups is 1. The van der Waals surface area contributed by atoms with E-state index in [1.807, 2.05) is 6.92 Å². The van der Waals surface area contributed by atoms with E-state index in [0.29, 0.717) is 0 Å². The molecule has 0 heterocycles. The fraction of sp³-hybridized carbons (Fsp3) is 0.462. The first-order valence-corrected chi connectivity index (χ1v) is 5.67.